The number of rotatable bonds is 8. The van der Waals surface area contributed by atoms with Crippen molar-refractivity contribution in [2.75, 3.05) is 46.4 Å². The summed E-state index contributed by atoms with van der Waals surface area (Å²) in [7, 11) is 1.78. The maximum absolute atomic E-state index is 12.9. The lowest BCUT2D eigenvalue weighted by Crippen LogP contribution is -2.59. The molecule has 7 nitrogen and oxygen atoms in total. The van der Waals surface area contributed by atoms with Crippen molar-refractivity contribution in [3.8, 4) is 11.1 Å². The van der Waals surface area contributed by atoms with Gasteiger partial charge in [0, 0.05) is 46.1 Å². The molecular formula is C26H31N3O4. The summed E-state index contributed by atoms with van der Waals surface area (Å²) in [6, 6.07) is 17.7. The molecule has 3 amide bonds. The Labute approximate surface area is 194 Å². The Hall–Kier alpha value is -3.19. The van der Waals surface area contributed by atoms with Gasteiger partial charge in [0.15, 0.2) is 0 Å². The van der Waals surface area contributed by atoms with E-state index >= 15 is 0 Å². The van der Waals surface area contributed by atoms with Gasteiger partial charge >= 0.3 is 0 Å². The molecule has 0 aliphatic carbocycles. The molecular weight excluding hydrogens is 418 g/mol. The number of piperazine rings is 1. The average Bonchev–Trinajstić information content (AvgIpc) is 3.25. The van der Waals surface area contributed by atoms with Crippen LogP contribution in [0, 0.1) is 0 Å². The first kappa shape index (κ1) is 23.0. The topological polar surface area (TPSA) is 70.2 Å². The Balaban J connectivity index is 1.36. The number of nitrogens with zero attached hydrogens (tertiary/aromatic N) is 3. The SMILES string of the molecule is CN1CCN(C(=O)COCCN2CCCC2=O)C(Cc2ccc(-c3ccccc3)cc2)C1=O. The van der Waals surface area contributed by atoms with Crippen LogP contribution in [0.15, 0.2) is 54.6 Å². The number of likely N-dealkylation sites (tertiary alicyclic amines) is 1. The smallest absolute Gasteiger partial charge is 0.249 e. The lowest BCUT2D eigenvalue weighted by Gasteiger charge is -2.39. The molecule has 2 aliphatic rings. The first-order chi connectivity index (χ1) is 16.0. The molecule has 2 heterocycles. The van der Waals surface area contributed by atoms with Gasteiger partial charge in [0.25, 0.3) is 0 Å². The molecule has 1 atom stereocenters. The lowest BCUT2D eigenvalue weighted by molar-refractivity contribution is -0.152. The van der Waals surface area contributed by atoms with Gasteiger partial charge in [-0.05, 0) is 23.1 Å². The van der Waals surface area contributed by atoms with Crippen molar-refractivity contribution in [2.45, 2.75) is 25.3 Å². The summed E-state index contributed by atoms with van der Waals surface area (Å²) in [6.45, 7) is 2.50. The monoisotopic (exact) mass is 449 g/mol. The minimum absolute atomic E-state index is 0.0515. The third-order valence-corrected chi connectivity index (χ3v) is 6.43. The molecule has 0 aromatic heterocycles. The fraction of sp³-hybridized carbons (Fsp3) is 0.423. The molecule has 174 valence electrons. The van der Waals surface area contributed by atoms with Gasteiger partial charge in [-0.2, -0.15) is 0 Å². The van der Waals surface area contributed by atoms with Crippen molar-refractivity contribution in [1.29, 1.82) is 0 Å². The molecule has 2 aromatic rings. The van der Waals surface area contributed by atoms with Gasteiger partial charge in [0.1, 0.15) is 12.6 Å². The number of likely N-dealkylation sites (N-methyl/N-ethyl adjacent to an activating group) is 1. The highest BCUT2D eigenvalue weighted by atomic mass is 16.5. The van der Waals surface area contributed by atoms with Gasteiger partial charge in [0.05, 0.1) is 6.61 Å². The van der Waals surface area contributed by atoms with Crippen LogP contribution in [0.3, 0.4) is 0 Å². The first-order valence-corrected chi connectivity index (χ1v) is 11.6. The zero-order chi connectivity index (χ0) is 23.2. The minimum atomic E-state index is -0.539. The Morgan fingerprint density at radius 1 is 0.970 bits per heavy atom. The highest BCUT2D eigenvalue weighted by Crippen LogP contribution is 2.22. The van der Waals surface area contributed by atoms with Crippen molar-refractivity contribution < 1.29 is 19.1 Å². The van der Waals surface area contributed by atoms with Crippen LogP contribution in [-0.4, -0.2) is 84.9 Å². The second-order valence-electron chi connectivity index (χ2n) is 8.67. The van der Waals surface area contributed by atoms with E-state index in [4.69, 9.17) is 4.74 Å². The molecule has 2 saturated heterocycles. The van der Waals surface area contributed by atoms with Crippen LogP contribution in [0.1, 0.15) is 18.4 Å². The van der Waals surface area contributed by atoms with Crippen LogP contribution in [0.2, 0.25) is 0 Å². The highest BCUT2D eigenvalue weighted by Gasteiger charge is 2.36. The van der Waals surface area contributed by atoms with Crippen LogP contribution in [0.5, 0.6) is 0 Å². The van der Waals surface area contributed by atoms with Gasteiger partial charge in [-0.3, -0.25) is 14.4 Å². The molecule has 2 aliphatic heterocycles. The molecule has 0 saturated carbocycles. The summed E-state index contributed by atoms with van der Waals surface area (Å²) < 4.78 is 5.57. The Morgan fingerprint density at radius 2 is 1.70 bits per heavy atom. The standard InChI is InChI=1S/C26H31N3O4/c1-27-14-15-29(25(31)19-33-17-16-28-13-5-8-24(28)30)23(26(27)32)18-20-9-11-22(12-10-20)21-6-3-2-4-7-21/h2-4,6-7,9-12,23H,5,8,13-19H2,1H3. The molecule has 0 spiro atoms. The number of carbonyl (C=O) groups is 3. The number of benzene rings is 2. The van der Waals surface area contributed by atoms with Crippen molar-refractivity contribution in [1.82, 2.24) is 14.7 Å². The molecule has 7 heteroatoms. The maximum atomic E-state index is 12.9. The largest absolute Gasteiger partial charge is 0.370 e. The quantitative estimate of drug-likeness (QED) is 0.580. The Kier molecular flexibility index (Phi) is 7.40. The van der Waals surface area contributed by atoms with E-state index in [0.717, 1.165) is 29.7 Å². The van der Waals surface area contributed by atoms with E-state index in [1.807, 2.05) is 30.3 Å². The van der Waals surface area contributed by atoms with Crippen molar-refractivity contribution >= 4 is 17.7 Å². The first-order valence-electron chi connectivity index (χ1n) is 11.6. The maximum Gasteiger partial charge on any atom is 0.249 e. The average molecular weight is 450 g/mol. The van der Waals surface area contributed by atoms with Crippen molar-refractivity contribution in [3.63, 3.8) is 0 Å². The number of ether oxygens (including phenoxy) is 1. The zero-order valence-electron chi connectivity index (χ0n) is 19.1. The molecule has 0 bridgehead atoms. The molecule has 4 rings (SSSR count). The van der Waals surface area contributed by atoms with Gasteiger partial charge in [-0.25, -0.2) is 0 Å². The van der Waals surface area contributed by atoms with Crippen molar-refractivity contribution in [3.05, 3.63) is 60.2 Å². The predicted molar refractivity (Wildman–Crippen MR) is 125 cm³/mol. The van der Waals surface area contributed by atoms with E-state index in [2.05, 4.69) is 24.3 Å². The summed E-state index contributed by atoms with van der Waals surface area (Å²) in [5.74, 6) is -0.0903. The summed E-state index contributed by atoms with van der Waals surface area (Å²) in [4.78, 5) is 42.6. The molecule has 2 aromatic carbocycles. The fourth-order valence-electron chi connectivity index (χ4n) is 4.45. The summed E-state index contributed by atoms with van der Waals surface area (Å²) in [6.07, 6.45) is 1.94. The summed E-state index contributed by atoms with van der Waals surface area (Å²) in [5.41, 5.74) is 3.26. The minimum Gasteiger partial charge on any atom is -0.370 e. The highest BCUT2D eigenvalue weighted by molar-refractivity contribution is 5.89. The van der Waals surface area contributed by atoms with Gasteiger partial charge in [-0.15, -0.1) is 0 Å². The van der Waals surface area contributed by atoms with E-state index in [0.29, 0.717) is 39.1 Å². The molecule has 1 unspecified atom stereocenters. The Morgan fingerprint density at radius 3 is 2.39 bits per heavy atom. The summed E-state index contributed by atoms with van der Waals surface area (Å²) in [5, 5.41) is 0. The van der Waals surface area contributed by atoms with Crippen LogP contribution in [0.4, 0.5) is 0 Å². The lowest BCUT2D eigenvalue weighted by atomic mass is 9.98. The molecule has 2 fully saturated rings. The van der Waals surface area contributed by atoms with E-state index in [-0.39, 0.29) is 24.3 Å². The number of hydrogen-bond acceptors (Lipinski definition) is 4. The van der Waals surface area contributed by atoms with Gasteiger partial charge < -0.3 is 19.4 Å². The summed E-state index contributed by atoms with van der Waals surface area (Å²) >= 11 is 0. The van der Waals surface area contributed by atoms with Crippen LogP contribution < -0.4 is 0 Å². The third kappa shape index (κ3) is 5.60. The second-order valence-corrected chi connectivity index (χ2v) is 8.67. The third-order valence-electron chi connectivity index (χ3n) is 6.43. The number of amides is 3. The zero-order valence-corrected chi connectivity index (χ0v) is 19.1. The second kappa shape index (κ2) is 10.6. The normalized spacial score (nSPS) is 18.8. The fourth-order valence-corrected chi connectivity index (χ4v) is 4.45. The van der Waals surface area contributed by atoms with Gasteiger partial charge in [0.2, 0.25) is 17.7 Å². The number of carbonyl (C=O) groups excluding carboxylic acids is 3. The molecule has 0 radical (unpaired) electrons. The van der Waals surface area contributed by atoms with Crippen LogP contribution in [0.25, 0.3) is 11.1 Å². The van der Waals surface area contributed by atoms with Gasteiger partial charge in [-0.1, -0.05) is 54.6 Å². The number of hydrogen-bond donors (Lipinski definition) is 0. The van der Waals surface area contributed by atoms with E-state index < -0.39 is 6.04 Å². The Bertz CT molecular complexity index is 977. The van der Waals surface area contributed by atoms with Crippen LogP contribution >= 0.6 is 0 Å². The molecule has 33 heavy (non-hydrogen) atoms. The van der Waals surface area contributed by atoms with Crippen LogP contribution in [-0.2, 0) is 25.5 Å². The van der Waals surface area contributed by atoms with E-state index in [1.54, 1.807) is 21.7 Å². The predicted octanol–water partition coefficient (Wildman–Crippen LogP) is 2.20. The molecule has 0 N–H and O–H groups in total. The van der Waals surface area contributed by atoms with Crippen molar-refractivity contribution in [2.24, 2.45) is 0 Å². The van der Waals surface area contributed by atoms with E-state index in [1.165, 1.54) is 0 Å². The van der Waals surface area contributed by atoms with E-state index in [9.17, 15) is 14.4 Å².